The van der Waals surface area contributed by atoms with Crippen molar-refractivity contribution in [3.63, 3.8) is 0 Å². The first-order chi connectivity index (χ1) is 8.66. The quantitative estimate of drug-likeness (QED) is 0.709. The van der Waals surface area contributed by atoms with Crippen LogP contribution < -0.4 is 5.73 Å². The highest BCUT2D eigenvalue weighted by Crippen LogP contribution is 2.23. The summed E-state index contributed by atoms with van der Waals surface area (Å²) >= 11 is 0. The Morgan fingerprint density at radius 3 is 2.61 bits per heavy atom. The lowest BCUT2D eigenvalue weighted by Crippen LogP contribution is -1.96. The molecule has 0 saturated carbocycles. The van der Waals surface area contributed by atoms with Gasteiger partial charge in [0.25, 0.3) is 0 Å². The van der Waals surface area contributed by atoms with E-state index >= 15 is 0 Å². The van der Waals surface area contributed by atoms with Gasteiger partial charge >= 0.3 is 0 Å². The zero-order valence-electron chi connectivity index (χ0n) is 10.4. The number of anilines is 1. The van der Waals surface area contributed by atoms with Crippen LogP contribution in [0.15, 0.2) is 36.5 Å². The molecule has 18 heavy (non-hydrogen) atoms. The predicted octanol–water partition coefficient (Wildman–Crippen LogP) is 2.60. The third-order valence-corrected chi connectivity index (χ3v) is 3.18. The molecule has 0 atom stereocenters. The highest BCUT2D eigenvalue weighted by molar-refractivity contribution is 5.65. The molecule has 0 aliphatic rings. The molecular formula is C14H14N4. The van der Waals surface area contributed by atoms with Gasteiger partial charge < -0.3 is 5.73 Å². The monoisotopic (exact) mass is 238 g/mol. The molecule has 2 N–H and O–H groups in total. The lowest BCUT2D eigenvalue weighted by molar-refractivity contribution is 1.11. The average Bonchev–Trinajstić information content (AvgIpc) is 2.73. The van der Waals surface area contributed by atoms with Gasteiger partial charge in [-0.3, -0.25) is 4.40 Å². The fraction of sp³-hybridized carbons (Fsp3) is 0.143. The number of aromatic nitrogens is 3. The number of hydrogen-bond donors (Lipinski definition) is 1. The molecule has 0 spiro atoms. The molecule has 0 saturated heterocycles. The second-order valence-electron chi connectivity index (χ2n) is 4.48. The molecule has 2 aromatic heterocycles. The molecule has 0 bridgehead atoms. The Bertz CT molecular complexity index is 728. The van der Waals surface area contributed by atoms with Crippen LogP contribution in [0.4, 0.5) is 5.69 Å². The van der Waals surface area contributed by atoms with Gasteiger partial charge in [-0.25, -0.2) is 0 Å². The van der Waals surface area contributed by atoms with Gasteiger partial charge in [0, 0.05) is 11.8 Å². The van der Waals surface area contributed by atoms with Crippen LogP contribution in [0.5, 0.6) is 0 Å². The first kappa shape index (κ1) is 10.8. The average molecular weight is 238 g/mol. The minimum absolute atomic E-state index is 0.747. The van der Waals surface area contributed by atoms with Crippen molar-refractivity contribution >= 4 is 11.3 Å². The van der Waals surface area contributed by atoms with E-state index in [9.17, 15) is 0 Å². The molecule has 0 aliphatic heterocycles. The van der Waals surface area contributed by atoms with Crippen molar-refractivity contribution in [1.29, 1.82) is 0 Å². The smallest absolute Gasteiger partial charge is 0.168 e. The highest BCUT2D eigenvalue weighted by Gasteiger charge is 2.10. The van der Waals surface area contributed by atoms with Crippen LogP contribution in [-0.2, 0) is 0 Å². The van der Waals surface area contributed by atoms with E-state index in [4.69, 9.17) is 5.73 Å². The number of fused-ring (bicyclic) bond motifs is 1. The van der Waals surface area contributed by atoms with E-state index in [1.165, 1.54) is 5.56 Å². The summed E-state index contributed by atoms with van der Waals surface area (Å²) in [5.74, 6) is 0.829. The Labute approximate surface area is 105 Å². The number of nitrogens with two attached hydrogens (primary N) is 1. The summed E-state index contributed by atoms with van der Waals surface area (Å²) < 4.78 is 1.94. The van der Waals surface area contributed by atoms with E-state index in [1.54, 1.807) is 0 Å². The van der Waals surface area contributed by atoms with Crippen molar-refractivity contribution < 1.29 is 0 Å². The maximum Gasteiger partial charge on any atom is 0.168 e. The maximum absolute atomic E-state index is 5.95. The summed E-state index contributed by atoms with van der Waals surface area (Å²) in [7, 11) is 0. The number of rotatable bonds is 1. The Hall–Kier alpha value is -2.36. The first-order valence-electron chi connectivity index (χ1n) is 5.83. The van der Waals surface area contributed by atoms with Gasteiger partial charge in [-0.15, -0.1) is 10.2 Å². The summed E-state index contributed by atoms with van der Waals surface area (Å²) in [6.45, 7) is 4.03. The fourth-order valence-corrected chi connectivity index (χ4v) is 2.05. The molecule has 0 unspecified atom stereocenters. The molecule has 0 amide bonds. The Morgan fingerprint density at radius 1 is 1.06 bits per heavy atom. The number of benzene rings is 1. The Kier molecular flexibility index (Phi) is 2.30. The van der Waals surface area contributed by atoms with E-state index in [-0.39, 0.29) is 0 Å². The molecule has 4 heteroatoms. The topological polar surface area (TPSA) is 56.2 Å². The van der Waals surface area contributed by atoms with Crippen molar-refractivity contribution in [2.45, 2.75) is 13.8 Å². The van der Waals surface area contributed by atoms with Crippen LogP contribution in [-0.4, -0.2) is 14.6 Å². The summed E-state index contributed by atoms with van der Waals surface area (Å²) in [6.07, 6.45) is 1.88. The molecule has 1 aromatic carbocycles. The molecule has 0 aliphatic carbocycles. The van der Waals surface area contributed by atoms with Crippen LogP contribution >= 0.6 is 0 Å². The predicted molar refractivity (Wildman–Crippen MR) is 72.3 cm³/mol. The molecule has 3 rings (SSSR count). The number of nitrogen functional groups attached to an aromatic ring is 1. The summed E-state index contributed by atoms with van der Waals surface area (Å²) in [6, 6.07) is 10.1. The lowest BCUT2D eigenvalue weighted by atomic mass is 10.1. The molecule has 0 radical (unpaired) electrons. The summed E-state index contributed by atoms with van der Waals surface area (Å²) in [4.78, 5) is 0. The molecular weight excluding hydrogens is 224 g/mol. The van der Waals surface area contributed by atoms with Crippen molar-refractivity contribution in [3.05, 3.63) is 47.7 Å². The lowest BCUT2D eigenvalue weighted by Gasteiger charge is -2.05. The van der Waals surface area contributed by atoms with Gasteiger partial charge in [0.1, 0.15) is 0 Å². The number of nitrogens with zero attached hydrogens (tertiary/aromatic N) is 3. The van der Waals surface area contributed by atoms with Gasteiger partial charge in [0.15, 0.2) is 11.5 Å². The zero-order chi connectivity index (χ0) is 12.7. The number of hydrogen-bond acceptors (Lipinski definition) is 3. The van der Waals surface area contributed by atoms with E-state index < -0.39 is 0 Å². The normalized spacial score (nSPS) is 11.0. The number of pyridine rings is 1. The second kappa shape index (κ2) is 3.84. The molecule has 0 fully saturated rings. The van der Waals surface area contributed by atoms with Crippen LogP contribution in [0.25, 0.3) is 17.0 Å². The van der Waals surface area contributed by atoms with Crippen LogP contribution in [0, 0.1) is 13.8 Å². The second-order valence-corrected chi connectivity index (χ2v) is 4.48. The SMILES string of the molecule is Cc1cc2nnc(-c3ccccc3C)n2cc1N. The fourth-order valence-electron chi connectivity index (χ4n) is 2.05. The Balaban J connectivity index is 2.31. The van der Waals surface area contributed by atoms with E-state index in [2.05, 4.69) is 23.2 Å². The van der Waals surface area contributed by atoms with Crippen molar-refractivity contribution in [2.24, 2.45) is 0 Å². The number of aryl methyl sites for hydroxylation is 2. The van der Waals surface area contributed by atoms with Gasteiger partial charge in [-0.2, -0.15) is 0 Å². The molecule has 2 heterocycles. The highest BCUT2D eigenvalue weighted by atomic mass is 15.2. The standard InChI is InChI=1S/C14H14N4/c1-9-5-3-4-6-11(9)14-17-16-13-7-10(2)12(15)8-18(13)14/h3-8H,15H2,1-2H3. The summed E-state index contributed by atoms with van der Waals surface area (Å²) in [5.41, 5.74) is 10.8. The molecule has 90 valence electrons. The van der Waals surface area contributed by atoms with Gasteiger partial charge in [0.05, 0.1) is 5.69 Å². The van der Waals surface area contributed by atoms with Gasteiger partial charge in [0.2, 0.25) is 0 Å². The largest absolute Gasteiger partial charge is 0.397 e. The third kappa shape index (κ3) is 1.54. The van der Waals surface area contributed by atoms with Crippen LogP contribution in [0.1, 0.15) is 11.1 Å². The van der Waals surface area contributed by atoms with Crippen molar-refractivity contribution in [3.8, 4) is 11.4 Å². The summed E-state index contributed by atoms with van der Waals surface area (Å²) in [5, 5.41) is 8.46. The van der Waals surface area contributed by atoms with Gasteiger partial charge in [-0.05, 0) is 31.0 Å². The molecule has 4 nitrogen and oxygen atoms in total. The minimum Gasteiger partial charge on any atom is -0.397 e. The zero-order valence-corrected chi connectivity index (χ0v) is 10.4. The minimum atomic E-state index is 0.747. The van der Waals surface area contributed by atoms with E-state index in [1.807, 2.05) is 41.8 Å². The molecule has 3 aromatic rings. The third-order valence-electron chi connectivity index (χ3n) is 3.18. The van der Waals surface area contributed by atoms with Crippen LogP contribution in [0.2, 0.25) is 0 Å². The van der Waals surface area contributed by atoms with Crippen molar-refractivity contribution in [1.82, 2.24) is 14.6 Å². The Morgan fingerprint density at radius 2 is 1.83 bits per heavy atom. The first-order valence-corrected chi connectivity index (χ1v) is 5.83. The van der Waals surface area contributed by atoms with E-state index in [0.717, 1.165) is 28.3 Å². The van der Waals surface area contributed by atoms with E-state index in [0.29, 0.717) is 0 Å². The van der Waals surface area contributed by atoms with Crippen molar-refractivity contribution in [2.75, 3.05) is 5.73 Å². The van der Waals surface area contributed by atoms with Crippen LogP contribution in [0.3, 0.4) is 0 Å². The van der Waals surface area contributed by atoms with Gasteiger partial charge in [-0.1, -0.05) is 24.3 Å². The maximum atomic E-state index is 5.95.